The van der Waals surface area contributed by atoms with Gasteiger partial charge in [-0.3, -0.25) is 0 Å². The summed E-state index contributed by atoms with van der Waals surface area (Å²) in [5, 5.41) is 0. The fraction of sp³-hybridized carbons (Fsp3) is 0.400. The van der Waals surface area contributed by atoms with Crippen LogP contribution in [0.25, 0.3) is 33.4 Å². The second-order valence-electron chi connectivity index (χ2n) is 15.6. The van der Waals surface area contributed by atoms with Gasteiger partial charge in [-0.05, 0) is 83.4 Å². The maximum absolute atomic E-state index is 2.45. The molecule has 0 nitrogen and oxygen atoms in total. The van der Waals surface area contributed by atoms with E-state index in [2.05, 4.69) is 168 Å². The molecule has 40 heavy (non-hydrogen) atoms. The standard InChI is InChI=1S/C40H50/c1-37(2,3)29-19-22-32(35(25-29)39(7,8)9)28-18-21-31(27-16-14-13-15-17-27)34(24-28)33-23-20-30(38(4,5)6)26-36(33)40(10,11)12/h13-26H,1-12H3. The van der Waals surface area contributed by atoms with Gasteiger partial charge in [-0.25, -0.2) is 0 Å². The largest absolute Gasteiger partial charge is 0.0622 e. The Morgan fingerprint density at radius 2 is 0.775 bits per heavy atom. The summed E-state index contributed by atoms with van der Waals surface area (Å²) in [5.41, 5.74) is 13.6. The lowest BCUT2D eigenvalue weighted by Gasteiger charge is -2.29. The minimum absolute atomic E-state index is 0.00544. The van der Waals surface area contributed by atoms with Crippen LogP contribution in [0.5, 0.6) is 0 Å². The highest BCUT2D eigenvalue weighted by molar-refractivity contribution is 5.89. The van der Waals surface area contributed by atoms with Crippen LogP contribution in [0, 0.1) is 0 Å². The van der Waals surface area contributed by atoms with Crippen LogP contribution < -0.4 is 0 Å². The van der Waals surface area contributed by atoms with Crippen molar-refractivity contribution in [2.45, 2.75) is 105 Å². The average Bonchev–Trinajstić information content (AvgIpc) is 2.86. The third kappa shape index (κ3) is 6.27. The van der Waals surface area contributed by atoms with E-state index in [1.807, 2.05) is 0 Å². The smallest absolute Gasteiger partial charge is 0.00963 e. The third-order valence-electron chi connectivity index (χ3n) is 8.09. The first-order valence-corrected chi connectivity index (χ1v) is 14.9. The second-order valence-corrected chi connectivity index (χ2v) is 15.6. The maximum Gasteiger partial charge on any atom is -0.00963 e. The van der Waals surface area contributed by atoms with Crippen molar-refractivity contribution < 1.29 is 0 Å². The Labute approximate surface area is 244 Å². The molecule has 0 fully saturated rings. The first-order valence-electron chi connectivity index (χ1n) is 14.9. The molecule has 210 valence electrons. The molecule has 0 spiro atoms. The van der Waals surface area contributed by atoms with Gasteiger partial charge >= 0.3 is 0 Å². The summed E-state index contributed by atoms with van der Waals surface area (Å²) in [6.45, 7) is 27.8. The van der Waals surface area contributed by atoms with Gasteiger partial charge in [0.2, 0.25) is 0 Å². The van der Waals surface area contributed by atoms with Crippen molar-refractivity contribution in [3.8, 4) is 33.4 Å². The zero-order chi connectivity index (χ0) is 29.7. The van der Waals surface area contributed by atoms with E-state index >= 15 is 0 Å². The molecule has 0 saturated heterocycles. The zero-order valence-corrected chi connectivity index (χ0v) is 27.1. The SMILES string of the molecule is CC(C)(C)c1ccc(-c2ccc(-c3ccccc3)c(-c3ccc(C(C)(C)C)cc3C(C)(C)C)c2)c(C(C)(C)C)c1. The van der Waals surface area contributed by atoms with Gasteiger partial charge in [0.05, 0.1) is 0 Å². The number of rotatable bonds is 3. The number of hydrogen-bond donors (Lipinski definition) is 0. The molecule has 0 heteroatoms. The summed E-state index contributed by atoms with van der Waals surface area (Å²) < 4.78 is 0. The highest BCUT2D eigenvalue weighted by Crippen LogP contribution is 2.44. The van der Waals surface area contributed by atoms with Gasteiger partial charge in [-0.15, -0.1) is 0 Å². The van der Waals surface area contributed by atoms with Crippen LogP contribution in [0.1, 0.15) is 105 Å². The predicted octanol–water partition coefficient (Wildman–Crippen LogP) is 11.9. The van der Waals surface area contributed by atoms with Crippen LogP contribution in [0.15, 0.2) is 84.9 Å². The van der Waals surface area contributed by atoms with Crippen LogP contribution in [-0.4, -0.2) is 0 Å². The summed E-state index contributed by atoms with van der Waals surface area (Å²) in [7, 11) is 0. The van der Waals surface area contributed by atoms with E-state index in [1.165, 1.54) is 55.6 Å². The van der Waals surface area contributed by atoms with E-state index in [-0.39, 0.29) is 21.7 Å². The Morgan fingerprint density at radius 1 is 0.325 bits per heavy atom. The molecule has 0 atom stereocenters. The van der Waals surface area contributed by atoms with Gasteiger partial charge in [0.25, 0.3) is 0 Å². The molecule has 0 aliphatic heterocycles. The summed E-state index contributed by atoms with van der Waals surface area (Å²) >= 11 is 0. The van der Waals surface area contributed by atoms with Crippen molar-refractivity contribution in [3.63, 3.8) is 0 Å². The van der Waals surface area contributed by atoms with E-state index in [0.717, 1.165) is 0 Å². The van der Waals surface area contributed by atoms with Crippen molar-refractivity contribution in [1.82, 2.24) is 0 Å². The molecule has 4 aromatic rings. The Hall–Kier alpha value is -3.12. The quantitative estimate of drug-likeness (QED) is 0.247. The minimum Gasteiger partial charge on any atom is -0.0622 e. The van der Waals surface area contributed by atoms with Crippen LogP contribution in [0.4, 0.5) is 0 Å². The van der Waals surface area contributed by atoms with Gasteiger partial charge in [0, 0.05) is 0 Å². The van der Waals surface area contributed by atoms with Crippen LogP contribution in [0.3, 0.4) is 0 Å². The molecular formula is C40H50. The van der Waals surface area contributed by atoms with Crippen molar-refractivity contribution in [1.29, 1.82) is 0 Å². The van der Waals surface area contributed by atoms with Gasteiger partial charge in [-0.2, -0.15) is 0 Å². The highest BCUT2D eigenvalue weighted by atomic mass is 14.3. The Kier molecular flexibility index (Phi) is 7.74. The van der Waals surface area contributed by atoms with Crippen LogP contribution in [-0.2, 0) is 21.7 Å². The molecule has 0 amide bonds. The van der Waals surface area contributed by atoms with E-state index in [1.54, 1.807) is 0 Å². The topological polar surface area (TPSA) is 0 Å². The molecule has 4 rings (SSSR count). The van der Waals surface area contributed by atoms with E-state index in [0.29, 0.717) is 0 Å². The lowest BCUT2D eigenvalue weighted by Crippen LogP contribution is -2.18. The Bertz CT molecular complexity index is 1490. The van der Waals surface area contributed by atoms with Crippen molar-refractivity contribution in [2.75, 3.05) is 0 Å². The highest BCUT2D eigenvalue weighted by Gasteiger charge is 2.26. The first-order chi connectivity index (χ1) is 18.4. The van der Waals surface area contributed by atoms with Crippen molar-refractivity contribution in [3.05, 3.63) is 107 Å². The summed E-state index contributed by atoms with van der Waals surface area (Å²) in [6.07, 6.45) is 0. The van der Waals surface area contributed by atoms with Gasteiger partial charge in [0.15, 0.2) is 0 Å². The average molecular weight is 531 g/mol. The molecule has 0 saturated carbocycles. The Morgan fingerprint density at radius 3 is 1.25 bits per heavy atom. The Balaban J connectivity index is 2.05. The van der Waals surface area contributed by atoms with Crippen molar-refractivity contribution in [2.24, 2.45) is 0 Å². The number of hydrogen-bond acceptors (Lipinski definition) is 0. The van der Waals surface area contributed by atoms with Crippen molar-refractivity contribution >= 4 is 0 Å². The predicted molar refractivity (Wildman–Crippen MR) is 178 cm³/mol. The number of benzene rings is 4. The molecular weight excluding hydrogens is 480 g/mol. The first kappa shape index (κ1) is 29.9. The second kappa shape index (κ2) is 10.4. The maximum atomic E-state index is 2.45. The lowest BCUT2D eigenvalue weighted by atomic mass is 9.75. The van der Waals surface area contributed by atoms with E-state index in [9.17, 15) is 0 Å². The van der Waals surface area contributed by atoms with Crippen LogP contribution >= 0.6 is 0 Å². The van der Waals surface area contributed by atoms with E-state index in [4.69, 9.17) is 0 Å². The van der Waals surface area contributed by atoms with Gasteiger partial charge in [-0.1, -0.05) is 162 Å². The molecule has 0 heterocycles. The third-order valence-corrected chi connectivity index (χ3v) is 8.09. The zero-order valence-electron chi connectivity index (χ0n) is 27.1. The monoisotopic (exact) mass is 530 g/mol. The minimum atomic E-state index is 0.00544. The summed E-state index contributed by atoms with van der Waals surface area (Å²) in [5.74, 6) is 0. The fourth-order valence-electron chi connectivity index (χ4n) is 5.55. The lowest BCUT2D eigenvalue weighted by molar-refractivity contribution is 0.569. The normalized spacial score (nSPS) is 13.0. The molecule has 0 N–H and O–H groups in total. The molecule has 0 radical (unpaired) electrons. The van der Waals surface area contributed by atoms with E-state index < -0.39 is 0 Å². The van der Waals surface area contributed by atoms with Gasteiger partial charge < -0.3 is 0 Å². The fourth-order valence-corrected chi connectivity index (χ4v) is 5.55. The molecule has 0 aliphatic rings. The summed E-state index contributed by atoms with van der Waals surface area (Å²) in [6, 6.07) is 32.3. The van der Waals surface area contributed by atoms with Gasteiger partial charge in [0.1, 0.15) is 0 Å². The molecule has 0 bridgehead atoms. The van der Waals surface area contributed by atoms with Crippen LogP contribution in [0.2, 0.25) is 0 Å². The summed E-state index contributed by atoms with van der Waals surface area (Å²) in [4.78, 5) is 0. The molecule has 0 aliphatic carbocycles. The molecule has 4 aromatic carbocycles. The molecule has 0 unspecified atom stereocenters. The molecule has 0 aromatic heterocycles.